The molecule has 0 saturated heterocycles. The van der Waals surface area contributed by atoms with Gasteiger partial charge in [-0.25, -0.2) is 5.84 Å². The third kappa shape index (κ3) is 3.25. The largest absolute Gasteiger partial charge is 0.368 e. The van der Waals surface area contributed by atoms with E-state index < -0.39 is 0 Å². The standard InChI is InChI=1S/C9H18N6/c1-3-4-5-15(2)8-6-7(14-11)12-9(10)13-8/h6H,3-5,11H2,1-2H3,(H3,10,12,13,14). The molecule has 0 bridgehead atoms. The molecule has 0 aliphatic carbocycles. The summed E-state index contributed by atoms with van der Waals surface area (Å²) in [6, 6.07) is 1.77. The minimum Gasteiger partial charge on any atom is -0.368 e. The molecule has 1 aromatic rings. The Balaban J connectivity index is 2.78. The summed E-state index contributed by atoms with van der Waals surface area (Å²) in [5.41, 5.74) is 8.02. The molecular formula is C9H18N6. The summed E-state index contributed by atoms with van der Waals surface area (Å²) in [7, 11) is 1.97. The van der Waals surface area contributed by atoms with Crippen molar-refractivity contribution in [2.24, 2.45) is 5.84 Å². The van der Waals surface area contributed by atoms with Crippen molar-refractivity contribution in [1.82, 2.24) is 9.97 Å². The van der Waals surface area contributed by atoms with E-state index in [-0.39, 0.29) is 5.95 Å². The lowest BCUT2D eigenvalue weighted by Crippen LogP contribution is -2.21. The molecule has 1 aromatic heterocycles. The minimum absolute atomic E-state index is 0.226. The van der Waals surface area contributed by atoms with Crippen LogP contribution in [0.3, 0.4) is 0 Å². The van der Waals surface area contributed by atoms with Gasteiger partial charge in [0.15, 0.2) is 0 Å². The van der Waals surface area contributed by atoms with Crippen LogP contribution in [0.5, 0.6) is 0 Å². The molecule has 84 valence electrons. The predicted molar refractivity (Wildman–Crippen MR) is 62.4 cm³/mol. The average Bonchev–Trinajstić information content (AvgIpc) is 2.24. The summed E-state index contributed by atoms with van der Waals surface area (Å²) in [4.78, 5) is 10.1. The van der Waals surface area contributed by atoms with Crippen LogP contribution < -0.4 is 21.9 Å². The fourth-order valence-corrected chi connectivity index (χ4v) is 1.23. The quantitative estimate of drug-likeness (QED) is 0.486. The summed E-state index contributed by atoms with van der Waals surface area (Å²) >= 11 is 0. The lowest BCUT2D eigenvalue weighted by Gasteiger charge is -2.18. The number of unbranched alkanes of at least 4 members (excludes halogenated alkanes) is 1. The van der Waals surface area contributed by atoms with E-state index in [1.54, 1.807) is 6.07 Å². The van der Waals surface area contributed by atoms with E-state index in [1.165, 1.54) is 0 Å². The number of nitrogens with one attached hydrogen (secondary N) is 1. The highest BCUT2D eigenvalue weighted by atomic mass is 15.3. The molecule has 0 saturated carbocycles. The SMILES string of the molecule is CCCCN(C)c1cc(NN)nc(N)n1. The van der Waals surface area contributed by atoms with Crippen molar-refractivity contribution in [3.8, 4) is 0 Å². The normalized spacial score (nSPS) is 10.1. The number of nitrogens with two attached hydrogens (primary N) is 2. The number of aromatic nitrogens is 2. The van der Waals surface area contributed by atoms with Gasteiger partial charge < -0.3 is 16.1 Å². The van der Waals surface area contributed by atoms with E-state index in [1.807, 2.05) is 11.9 Å². The fraction of sp³-hybridized carbons (Fsp3) is 0.556. The summed E-state index contributed by atoms with van der Waals surface area (Å²) in [5.74, 6) is 6.81. The third-order valence-electron chi connectivity index (χ3n) is 2.12. The molecule has 5 N–H and O–H groups in total. The molecule has 6 heteroatoms. The molecule has 0 radical (unpaired) electrons. The second-order valence-corrected chi connectivity index (χ2v) is 3.39. The first kappa shape index (κ1) is 11.5. The molecule has 0 unspecified atom stereocenters. The van der Waals surface area contributed by atoms with Crippen molar-refractivity contribution in [3.63, 3.8) is 0 Å². The van der Waals surface area contributed by atoms with Crippen molar-refractivity contribution in [2.45, 2.75) is 19.8 Å². The van der Waals surface area contributed by atoms with Gasteiger partial charge in [-0.05, 0) is 6.42 Å². The van der Waals surface area contributed by atoms with Gasteiger partial charge in [0, 0.05) is 19.7 Å². The van der Waals surface area contributed by atoms with Crippen LogP contribution >= 0.6 is 0 Å². The second kappa shape index (κ2) is 5.35. The first-order valence-electron chi connectivity index (χ1n) is 4.99. The number of nitrogens with zero attached hydrogens (tertiary/aromatic N) is 3. The summed E-state index contributed by atoms with van der Waals surface area (Å²) in [6.45, 7) is 3.09. The Morgan fingerprint density at radius 1 is 1.47 bits per heavy atom. The summed E-state index contributed by atoms with van der Waals surface area (Å²) in [5, 5.41) is 0. The minimum atomic E-state index is 0.226. The van der Waals surface area contributed by atoms with Gasteiger partial charge in [-0.3, -0.25) is 0 Å². The molecule has 0 aromatic carbocycles. The number of hydrazine groups is 1. The van der Waals surface area contributed by atoms with Crippen LogP contribution in [0.1, 0.15) is 19.8 Å². The topological polar surface area (TPSA) is 93.1 Å². The number of rotatable bonds is 5. The maximum atomic E-state index is 5.56. The Kier molecular flexibility index (Phi) is 4.11. The van der Waals surface area contributed by atoms with E-state index >= 15 is 0 Å². The molecule has 1 heterocycles. The van der Waals surface area contributed by atoms with Gasteiger partial charge in [0.2, 0.25) is 5.95 Å². The van der Waals surface area contributed by atoms with Crippen molar-refractivity contribution >= 4 is 17.6 Å². The number of hydrogen-bond donors (Lipinski definition) is 3. The first-order chi connectivity index (χ1) is 7.17. The average molecular weight is 210 g/mol. The molecule has 0 aliphatic rings. The zero-order valence-electron chi connectivity index (χ0n) is 9.20. The van der Waals surface area contributed by atoms with Crippen LogP contribution in [0.15, 0.2) is 6.07 Å². The highest BCUT2D eigenvalue weighted by Gasteiger charge is 2.05. The van der Waals surface area contributed by atoms with Crippen LogP contribution in [-0.4, -0.2) is 23.6 Å². The van der Waals surface area contributed by atoms with Crippen molar-refractivity contribution in [3.05, 3.63) is 6.07 Å². The van der Waals surface area contributed by atoms with E-state index in [4.69, 9.17) is 11.6 Å². The molecule has 0 fully saturated rings. The number of hydrogen-bond acceptors (Lipinski definition) is 6. The Morgan fingerprint density at radius 2 is 2.20 bits per heavy atom. The van der Waals surface area contributed by atoms with Crippen LogP contribution in [0, 0.1) is 0 Å². The molecule has 0 atom stereocenters. The Morgan fingerprint density at radius 3 is 2.80 bits per heavy atom. The van der Waals surface area contributed by atoms with Crippen molar-refractivity contribution in [1.29, 1.82) is 0 Å². The van der Waals surface area contributed by atoms with Crippen molar-refractivity contribution < 1.29 is 0 Å². The van der Waals surface area contributed by atoms with E-state index in [0.29, 0.717) is 5.82 Å². The monoisotopic (exact) mass is 210 g/mol. The van der Waals surface area contributed by atoms with Gasteiger partial charge in [0.25, 0.3) is 0 Å². The Hall–Kier alpha value is -1.56. The zero-order chi connectivity index (χ0) is 11.3. The third-order valence-corrected chi connectivity index (χ3v) is 2.12. The molecule has 0 spiro atoms. The van der Waals surface area contributed by atoms with E-state index in [9.17, 15) is 0 Å². The smallest absolute Gasteiger partial charge is 0.223 e. The maximum Gasteiger partial charge on any atom is 0.223 e. The molecule has 15 heavy (non-hydrogen) atoms. The van der Waals surface area contributed by atoms with Gasteiger partial charge >= 0.3 is 0 Å². The fourth-order valence-electron chi connectivity index (χ4n) is 1.23. The van der Waals surface area contributed by atoms with Crippen LogP contribution in [-0.2, 0) is 0 Å². The van der Waals surface area contributed by atoms with Crippen LogP contribution in [0.2, 0.25) is 0 Å². The molecule has 6 nitrogen and oxygen atoms in total. The van der Waals surface area contributed by atoms with Gasteiger partial charge in [-0.1, -0.05) is 13.3 Å². The summed E-state index contributed by atoms with van der Waals surface area (Å²) < 4.78 is 0. The summed E-state index contributed by atoms with van der Waals surface area (Å²) in [6.07, 6.45) is 2.26. The number of nitrogen functional groups attached to an aromatic ring is 2. The van der Waals surface area contributed by atoms with Gasteiger partial charge in [-0.2, -0.15) is 9.97 Å². The molecule has 1 rings (SSSR count). The maximum absolute atomic E-state index is 5.56. The molecule has 0 amide bonds. The molecular weight excluding hydrogens is 192 g/mol. The Labute approximate surface area is 89.7 Å². The Bertz CT molecular complexity index is 313. The van der Waals surface area contributed by atoms with E-state index in [0.717, 1.165) is 25.2 Å². The highest BCUT2D eigenvalue weighted by molar-refractivity contribution is 5.51. The van der Waals surface area contributed by atoms with Gasteiger partial charge in [-0.15, -0.1) is 0 Å². The zero-order valence-corrected chi connectivity index (χ0v) is 9.20. The number of anilines is 3. The lowest BCUT2D eigenvalue weighted by atomic mass is 10.3. The van der Waals surface area contributed by atoms with Gasteiger partial charge in [0.1, 0.15) is 11.6 Å². The molecule has 0 aliphatic heterocycles. The lowest BCUT2D eigenvalue weighted by molar-refractivity contribution is 0.759. The van der Waals surface area contributed by atoms with Crippen LogP contribution in [0.4, 0.5) is 17.6 Å². The van der Waals surface area contributed by atoms with Gasteiger partial charge in [0.05, 0.1) is 0 Å². The highest BCUT2D eigenvalue weighted by Crippen LogP contribution is 2.15. The van der Waals surface area contributed by atoms with Crippen molar-refractivity contribution in [2.75, 3.05) is 29.7 Å². The van der Waals surface area contributed by atoms with E-state index in [2.05, 4.69) is 22.3 Å². The second-order valence-electron chi connectivity index (χ2n) is 3.39. The van der Waals surface area contributed by atoms with Crippen LogP contribution in [0.25, 0.3) is 0 Å². The predicted octanol–water partition coefficient (Wildman–Crippen LogP) is 0.581. The first-order valence-corrected chi connectivity index (χ1v) is 4.99.